The van der Waals surface area contributed by atoms with Gasteiger partial charge in [-0.05, 0) is 105 Å². The number of amides is 5. The van der Waals surface area contributed by atoms with Crippen molar-refractivity contribution >= 4 is 46.8 Å². The van der Waals surface area contributed by atoms with E-state index in [1.807, 2.05) is 24.3 Å². The molecule has 5 heterocycles. The van der Waals surface area contributed by atoms with Crippen molar-refractivity contribution in [3.8, 4) is 11.8 Å². The molecule has 0 aromatic heterocycles. The number of anilines is 1. The van der Waals surface area contributed by atoms with Gasteiger partial charge in [-0.1, -0.05) is 39.3 Å². The fourth-order valence-corrected chi connectivity index (χ4v) is 11.6. The number of benzene rings is 3. The molecule has 6 aliphatic rings. The van der Waals surface area contributed by atoms with Crippen molar-refractivity contribution in [2.24, 2.45) is 10.8 Å². The number of hydrogen-bond donors (Lipinski definition) is 2. The van der Waals surface area contributed by atoms with Crippen LogP contribution < -0.4 is 20.3 Å². The van der Waals surface area contributed by atoms with E-state index in [2.05, 4.69) is 71.2 Å². The topological polar surface area (TPSA) is 155 Å². The summed E-state index contributed by atoms with van der Waals surface area (Å²) in [5.74, 6) is -1.39. The Hall–Kier alpha value is -5.29. The summed E-state index contributed by atoms with van der Waals surface area (Å²) < 4.78 is 6.39. The van der Waals surface area contributed by atoms with Gasteiger partial charge in [0.25, 0.3) is 17.7 Å². The van der Waals surface area contributed by atoms with Gasteiger partial charge >= 0.3 is 0 Å². The first-order valence-corrected chi connectivity index (χ1v) is 21.9. The molecule has 14 heteroatoms. The highest BCUT2D eigenvalue weighted by Crippen LogP contribution is 2.55. The average molecular weight is 846 g/mol. The lowest BCUT2D eigenvalue weighted by Gasteiger charge is -2.63. The van der Waals surface area contributed by atoms with Crippen molar-refractivity contribution in [3.05, 3.63) is 93.0 Å². The number of imide groups is 2. The molecule has 13 nitrogen and oxygen atoms in total. The summed E-state index contributed by atoms with van der Waals surface area (Å²) in [4.78, 5) is 73.0. The van der Waals surface area contributed by atoms with Crippen LogP contribution >= 0.6 is 11.6 Å². The summed E-state index contributed by atoms with van der Waals surface area (Å²) in [7, 11) is 0. The minimum Gasteiger partial charge on any atom is -0.489 e. The maximum atomic E-state index is 13.5. The number of fused-ring (bicyclic) bond motifs is 2. The molecule has 0 radical (unpaired) electrons. The van der Waals surface area contributed by atoms with Gasteiger partial charge in [0.05, 0.1) is 21.7 Å². The normalized spacial score (nSPS) is 25.4. The first-order chi connectivity index (χ1) is 29.1. The number of rotatable bonds is 8. The Bertz CT molecular complexity index is 2300. The van der Waals surface area contributed by atoms with Crippen molar-refractivity contribution < 1.29 is 28.7 Å². The van der Waals surface area contributed by atoms with Crippen molar-refractivity contribution in [2.45, 2.75) is 110 Å². The zero-order valence-corrected chi connectivity index (χ0v) is 35.9. The fraction of sp³-hybridized carbons (Fsp3) is 0.489. The van der Waals surface area contributed by atoms with Crippen molar-refractivity contribution in [1.29, 1.82) is 5.26 Å². The highest BCUT2D eigenvalue weighted by atomic mass is 35.5. The van der Waals surface area contributed by atoms with Crippen LogP contribution in [0.5, 0.6) is 5.75 Å². The SMILES string of the molecule is CC1(C)C(NC(=O)c2ccc(N3CCC(N4CCC(N5Cc6cc7c(cc6C5)C(=O)N(C5CCC(=O)NC5=O)C7=O)CC4)CC3)cc2)C(C)(C)C1Oc1ccc(C#N)c(Cl)c1. The molecule has 3 aromatic rings. The number of carbonyl (C=O) groups is 5. The van der Waals surface area contributed by atoms with Gasteiger partial charge in [0.2, 0.25) is 11.8 Å². The molecule has 9 rings (SSSR count). The summed E-state index contributed by atoms with van der Waals surface area (Å²) in [5, 5.41) is 15.1. The second-order valence-corrected chi connectivity index (χ2v) is 19.3. The van der Waals surface area contributed by atoms with E-state index in [9.17, 15) is 29.2 Å². The minimum atomic E-state index is -0.958. The third-order valence-corrected chi connectivity index (χ3v) is 14.7. The summed E-state index contributed by atoms with van der Waals surface area (Å²) in [6.45, 7) is 13.8. The number of piperidine rings is 3. The Labute approximate surface area is 361 Å². The number of ether oxygens (including phenoxy) is 1. The van der Waals surface area contributed by atoms with Crippen LogP contribution in [0.2, 0.25) is 5.02 Å². The number of likely N-dealkylation sites (tertiary alicyclic amines) is 1. The molecule has 318 valence electrons. The number of carbonyl (C=O) groups excluding carboxylic acids is 5. The van der Waals surface area contributed by atoms with Gasteiger partial charge < -0.3 is 19.9 Å². The van der Waals surface area contributed by atoms with Crippen molar-refractivity contribution in [1.82, 2.24) is 25.3 Å². The molecule has 3 aromatic carbocycles. The standard InChI is InChI=1S/C47H52ClN7O6/c1-46(2)44(47(3,4)45(46)61-34-10-7-28(24-49)37(48)23-34)51-40(57)27-5-8-31(9-6-27)52-17-13-32(14-18-52)53-19-15-33(16-20-53)54-25-29-21-35-36(22-30(29)26-54)43(60)55(42(35)59)38-11-12-39(56)50-41(38)58/h5-10,21-23,32-33,38,44-45H,11-20,25-26H2,1-4H3,(H,51,57)(H,50,56,58). The Morgan fingerprint density at radius 2 is 1.39 bits per heavy atom. The van der Waals surface area contributed by atoms with Gasteiger partial charge in [-0.3, -0.25) is 39.1 Å². The molecule has 5 aliphatic heterocycles. The molecular formula is C47H52ClN7O6. The highest BCUT2D eigenvalue weighted by Gasteiger charge is 2.64. The van der Waals surface area contributed by atoms with E-state index in [1.54, 1.807) is 18.2 Å². The maximum Gasteiger partial charge on any atom is 0.262 e. The Morgan fingerprint density at radius 1 is 0.803 bits per heavy atom. The lowest BCUT2D eigenvalue weighted by Crippen LogP contribution is -2.74. The molecule has 2 N–H and O–H groups in total. The Balaban J connectivity index is 0.735. The van der Waals surface area contributed by atoms with Crippen LogP contribution in [-0.2, 0) is 22.7 Å². The van der Waals surface area contributed by atoms with Crippen LogP contribution in [0, 0.1) is 22.2 Å². The summed E-state index contributed by atoms with van der Waals surface area (Å²) >= 11 is 6.26. The number of halogens is 1. The predicted molar refractivity (Wildman–Crippen MR) is 228 cm³/mol. The molecule has 1 aliphatic carbocycles. The summed E-state index contributed by atoms with van der Waals surface area (Å²) in [6, 6.07) is 18.7. The van der Waals surface area contributed by atoms with Crippen molar-refractivity contribution in [2.75, 3.05) is 31.1 Å². The van der Waals surface area contributed by atoms with E-state index >= 15 is 0 Å². The first kappa shape index (κ1) is 41.1. The van der Waals surface area contributed by atoms with Gasteiger partial charge in [0.1, 0.15) is 24.0 Å². The van der Waals surface area contributed by atoms with E-state index in [-0.39, 0.29) is 47.6 Å². The molecule has 1 unspecified atom stereocenters. The van der Waals surface area contributed by atoms with E-state index in [4.69, 9.17) is 16.3 Å². The molecule has 61 heavy (non-hydrogen) atoms. The molecule has 0 bridgehead atoms. The zero-order valence-electron chi connectivity index (χ0n) is 35.1. The lowest BCUT2D eigenvalue weighted by molar-refractivity contribution is -0.164. The quantitative estimate of drug-likeness (QED) is 0.271. The number of nitriles is 1. The predicted octanol–water partition coefficient (Wildman–Crippen LogP) is 5.67. The van der Waals surface area contributed by atoms with Gasteiger partial charge in [0.15, 0.2) is 0 Å². The molecule has 5 amide bonds. The average Bonchev–Trinajstić information content (AvgIpc) is 3.78. The van der Waals surface area contributed by atoms with E-state index < -0.39 is 23.8 Å². The van der Waals surface area contributed by atoms with Gasteiger partial charge in [-0.25, -0.2) is 0 Å². The van der Waals surface area contributed by atoms with E-state index in [1.165, 1.54) is 0 Å². The Morgan fingerprint density at radius 3 is 1.97 bits per heavy atom. The maximum absolute atomic E-state index is 13.5. The number of nitrogens with zero attached hydrogens (tertiary/aromatic N) is 5. The first-order valence-electron chi connectivity index (χ1n) is 21.5. The summed E-state index contributed by atoms with van der Waals surface area (Å²) in [6.07, 6.45) is 4.36. The molecule has 3 saturated heterocycles. The smallest absolute Gasteiger partial charge is 0.262 e. The van der Waals surface area contributed by atoms with Crippen molar-refractivity contribution in [3.63, 3.8) is 0 Å². The minimum absolute atomic E-state index is 0.101. The van der Waals surface area contributed by atoms with E-state index in [0.29, 0.717) is 45.1 Å². The largest absolute Gasteiger partial charge is 0.489 e. The molecule has 1 atom stereocenters. The van der Waals surface area contributed by atoms with Gasteiger partial charge in [-0.2, -0.15) is 5.26 Å². The van der Waals surface area contributed by atoms with Gasteiger partial charge in [0, 0.05) is 78.9 Å². The second kappa shape index (κ2) is 15.6. The third-order valence-electron chi connectivity index (χ3n) is 14.4. The summed E-state index contributed by atoms with van der Waals surface area (Å²) in [5.41, 5.74) is 4.28. The molecule has 1 saturated carbocycles. The number of hydrogen-bond acceptors (Lipinski definition) is 10. The highest BCUT2D eigenvalue weighted by molar-refractivity contribution is 6.31. The zero-order chi connectivity index (χ0) is 43.0. The van der Waals surface area contributed by atoms with Gasteiger partial charge in [-0.15, -0.1) is 0 Å². The number of nitrogens with one attached hydrogen (secondary N) is 2. The Kier molecular flexibility index (Phi) is 10.5. The molecule has 0 spiro atoms. The lowest BCUT2D eigenvalue weighted by atomic mass is 9.49. The van der Waals surface area contributed by atoms with Crippen LogP contribution in [0.4, 0.5) is 5.69 Å². The van der Waals surface area contributed by atoms with Crippen LogP contribution in [0.15, 0.2) is 54.6 Å². The third kappa shape index (κ3) is 7.26. The second-order valence-electron chi connectivity index (χ2n) is 18.9. The van der Waals surface area contributed by atoms with Crippen LogP contribution in [0.25, 0.3) is 0 Å². The fourth-order valence-electron chi connectivity index (χ4n) is 11.4. The van der Waals surface area contributed by atoms with E-state index in [0.717, 1.165) is 86.7 Å². The van der Waals surface area contributed by atoms with Crippen LogP contribution in [-0.4, -0.2) is 101 Å². The monoisotopic (exact) mass is 845 g/mol. The van der Waals surface area contributed by atoms with Crippen LogP contribution in [0.3, 0.4) is 0 Å². The van der Waals surface area contributed by atoms with Crippen LogP contribution in [0.1, 0.15) is 114 Å². The molecular weight excluding hydrogens is 794 g/mol. The molecule has 4 fully saturated rings.